The van der Waals surface area contributed by atoms with Crippen LogP contribution in [0, 0.1) is 5.92 Å². The molecule has 0 fully saturated rings. The van der Waals surface area contributed by atoms with Gasteiger partial charge in [-0.15, -0.1) is 0 Å². The van der Waals surface area contributed by atoms with Gasteiger partial charge in [-0.2, -0.15) is 0 Å². The number of nitrogens with one attached hydrogen (secondary N) is 2. The summed E-state index contributed by atoms with van der Waals surface area (Å²) in [5.74, 6) is 0.246. The Morgan fingerprint density at radius 2 is 1.97 bits per heavy atom. The molecule has 4 heterocycles. The summed E-state index contributed by atoms with van der Waals surface area (Å²) in [6.45, 7) is 6.46. The predicted molar refractivity (Wildman–Crippen MR) is 119 cm³/mol. The zero-order valence-electron chi connectivity index (χ0n) is 17.7. The average Bonchev–Trinajstić information content (AvgIpc) is 3.19. The molecule has 0 spiro atoms. The Kier molecular flexibility index (Phi) is 6.08. The highest BCUT2D eigenvalue weighted by molar-refractivity contribution is 5.92. The van der Waals surface area contributed by atoms with Crippen LogP contribution in [0.2, 0.25) is 0 Å². The largest absolute Gasteiger partial charge is 0.345 e. The molecule has 8 heteroatoms. The Labute approximate surface area is 180 Å². The number of amides is 1. The van der Waals surface area contributed by atoms with E-state index in [-0.39, 0.29) is 17.8 Å². The first-order valence-corrected chi connectivity index (χ1v) is 10.5. The fraction of sp³-hybridized carbons (Fsp3) is 0.304. The first kappa shape index (κ1) is 20.7. The van der Waals surface area contributed by atoms with Gasteiger partial charge in [0, 0.05) is 31.2 Å². The minimum atomic E-state index is -0.407. The molecule has 2 N–H and O–H groups in total. The molecule has 1 atom stereocenters. The van der Waals surface area contributed by atoms with Crippen molar-refractivity contribution in [2.24, 2.45) is 5.92 Å². The Morgan fingerprint density at radius 3 is 2.81 bits per heavy atom. The van der Waals surface area contributed by atoms with Gasteiger partial charge in [-0.1, -0.05) is 32.4 Å². The highest BCUT2D eigenvalue weighted by atomic mass is 16.2. The van der Waals surface area contributed by atoms with Crippen LogP contribution in [0.5, 0.6) is 0 Å². The van der Waals surface area contributed by atoms with Crippen molar-refractivity contribution >= 4 is 17.2 Å². The number of carbonyl (C=O) groups is 1. The summed E-state index contributed by atoms with van der Waals surface area (Å²) in [5.41, 5.74) is 2.95. The molecular weight excluding hydrogens is 392 g/mol. The monoisotopic (exact) mass is 418 g/mol. The maximum Gasteiger partial charge on any atom is 0.270 e. The molecule has 8 nitrogen and oxygen atoms in total. The Balaban J connectivity index is 1.42. The molecule has 31 heavy (non-hydrogen) atoms. The number of hydrogen-bond acceptors (Lipinski definition) is 5. The molecule has 0 aliphatic rings. The van der Waals surface area contributed by atoms with Crippen LogP contribution in [0.15, 0.2) is 59.8 Å². The topological polar surface area (TPSA) is 92.8 Å². The minimum absolute atomic E-state index is 0.0923. The van der Waals surface area contributed by atoms with E-state index in [0.29, 0.717) is 11.6 Å². The number of imidazole rings is 1. The van der Waals surface area contributed by atoms with E-state index in [0.717, 1.165) is 30.9 Å². The van der Waals surface area contributed by atoms with Crippen LogP contribution in [0.4, 0.5) is 0 Å². The Morgan fingerprint density at radius 1 is 1.10 bits per heavy atom. The third-order valence-electron chi connectivity index (χ3n) is 5.31. The number of fused-ring (bicyclic) bond motifs is 2. The Bertz CT molecular complexity index is 1280. The van der Waals surface area contributed by atoms with E-state index in [1.807, 2.05) is 22.9 Å². The van der Waals surface area contributed by atoms with Crippen LogP contribution in [0.1, 0.15) is 42.0 Å². The van der Waals surface area contributed by atoms with Gasteiger partial charge in [-0.25, -0.2) is 9.97 Å². The summed E-state index contributed by atoms with van der Waals surface area (Å²) in [5, 5.41) is 6.27. The summed E-state index contributed by atoms with van der Waals surface area (Å²) < 4.78 is 3.36. The first-order valence-electron chi connectivity index (χ1n) is 10.5. The molecule has 0 aromatic carbocycles. The van der Waals surface area contributed by atoms with Gasteiger partial charge in [0.15, 0.2) is 0 Å². The van der Waals surface area contributed by atoms with Gasteiger partial charge in [0.1, 0.15) is 17.0 Å². The molecule has 0 unspecified atom stereocenters. The maximum atomic E-state index is 12.5. The van der Waals surface area contributed by atoms with Gasteiger partial charge in [-0.3, -0.25) is 14.0 Å². The van der Waals surface area contributed by atoms with Gasteiger partial charge < -0.3 is 15.0 Å². The average molecular weight is 419 g/mol. The molecule has 4 rings (SSSR count). The lowest BCUT2D eigenvalue weighted by Crippen LogP contribution is -2.27. The van der Waals surface area contributed by atoms with Crippen molar-refractivity contribution in [1.82, 2.24) is 29.4 Å². The second kappa shape index (κ2) is 9.09. The van der Waals surface area contributed by atoms with E-state index in [4.69, 9.17) is 0 Å². The molecule has 4 aromatic rings. The molecule has 0 saturated heterocycles. The van der Waals surface area contributed by atoms with E-state index >= 15 is 0 Å². The highest BCUT2D eigenvalue weighted by Gasteiger charge is 2.11. The van der Waals surface area contributed by atoms with E-state index in [2.05, 4.69) is 40.5 Å². The van der Waals surface area contributed by atoms with Crippen molar-refractivity contribution in [3.8, 4) is 0 Å². The number of pyridine rings is 2. The van der Waals surface area contributed by atoms with Crippen LogP contribution in [-0.4, -0.2) is 31.2 Å². The predicted octanol–water partition coefficient (Wildman–Crippen LogP) is 2.41. The fourth-order valence-electron chi connectivity index (χ4n) is 3.32. The zero-order chi connectivity index (χ0) is 21.8. The molecule has 4 aromatic heterocycles. The van der Waals surface area contributed by atoms with Crippen molar-refractivity contribution < 1.29 is 4.79 Å². The summed E-state index contributed by atoms with van der Waals surface area (Å²) in [6, 6.07) is 10.5. The molecule has 0 aliphatic carbocycles. The molecule has 0 radical (unpaired) electrons. The lowest BCUT2D eigenvalue weighted by Gasteiger charge is -2.10. The van der Waals surface area contributed by atoms with Crippen LogP contribution < -0.4 is 16.2 Å². The van der Waals surface area contributed by atoms with Crippen molar-refractivity contribution in [2.75, 3.05) is 6.54 Å². The van der Waals surface area contributed by atoms with Gasteiger partial charge in [0.2, 0.25) is 0 Å². The molecule has 0 bridgehead atoms. The van der Waals surface area contributed by atoms with Crippen molar-refractivity contribution in [3.63, 3.8) is 0 Å². The van der Waals surface area contributed by atoms with E-state index in [9.17, 15) is 9.59 Å². The summed E-state index contributed by atoms with van der Waals surface area (Å²) in [4.78, 5) is 33.5. The van der Waals surface area contributed by atoms with E-state index in [1.165, 1.54) is 16.0 Å². The first-order chi connectivity index (χ1) is 15.0. The fourth-order valence-corrected chi connectivity index (χ4v) is 3.32. The van der Waals surface area contributed by atoms with Crippen LogP contribution in [0.3, 0.4) is 0 Å². The minimum Gasteiger partial charge on any atom is -0.345 e. The number of carbonyl (C=O) groups excluding carboxylic acids is 1. The highest BCUT2D eigenvalue weighted by Crippen LogP contribution is 2.09. The van der Waals surface area contributed by atoms with E-state index in [1.54, 1.807) is 24.4 Å². The SMILES string of the molecule is CC[C@H](C)CNCc1ccc2nc(CNC(=O)c3cc(=O)n4ccccc4n3)cn2c1. The lowest BCUT2D eigenvalue weighted by atomic mass is 10.1. The van der Waals surface area contributed by atoms with Crippen molar-refractivity contribution in [1.29, 1.82) is 0 Å². The van der Waals surface area contributed by atoms with Crippen LogP contribution in [-0.2, 0) is 13.1 Å². The third kappa shape index (κ3) is 4.80. The van der Waals surface area contributed by atoms with Crippen LogP contribution in [0.25, 0.3) is 11.3 Å². The normalized spacial score (nSPS) is 12.3. The van der Waals surface area contributed by atoms with E-state index < -0.39 is 5.91 Å². The Hall–Kier alpha value is -3.52. The number of rotatable bonds is 8. The summed E-state index contributed by atoms with van der Waals surface area (Å²) in [6.07, 6.45) is 6.73. The number of hydrogen-bond donors (Lipinski definition) is 2. The molecule has 0 aliphatic heterocycles. The molecule has 0 saturated carbocycles. The smallest absolute Gasteiger partial charge is 0.270 e. The second-order valence-corrected chi connectivity index (χ2v) is 7.77. The van der Waals surface area contributed by atoms with Crippen LogP contribution >= 0.6 is 0 Å². The van der Waals surface area contributed by atoms with Gasteiger partial charge in [0.05, 0.1) is 12.2 Å². The zero-order valence-corrected chi connectivity index (χ0v) is 17.7. The number of aromatic nitrogens is 4. The van der Waals surface area contributed by atoms with Gasteiger partial charge >= 0.3 is 0 Å². The quantitative estimate of drug-likeness (QED) is 0.458. The summed E-state index contributed by atoms with van der Waals surface area (Å²) >= 11 is 0. The molecule has 160 valence electrons. The van der Waals surface area contributed by atoms with Gasteiger partial charge in [-0.05, 0) is 36.2 Å². The second-order valence-electron chi connectivity index (χ2n) is 7.77. The molecule has 1 amide bonds. The molecular formula is C23H26N6O2. The number of nitrogens with zero attached hydrogens (tertiary/aromatic N) is 4. The van der Waals surface area contributed by atoms with Gasteiger partial charge in [0.25, 0.3) is 11.5 Å². The summed E-state index contributed by atoms with van der Waals surface area (Å²) in [7, 11) is 0. The lowest BCUT2D eigenvalue weighted by molar-refractivity contribution is 0.0945. The van der Waals surface area contributed by atoms with Crippen molar-refractivity contribution in [3.05, 3.63) is 82.3 Å². The van der Waals surface area contributed by atoms with Crippen molar-refractivity contribution in [2.45, 2.75) is 33.4 Å². The third-order valence-corrected chi connectivity index (χ3v) is 5.31. The standard InChI is InChI=1S/C23H26N6O2/c1-3-16(2)11-24-12-17-7-8-20-26-18(15-28(20)14-17)13-25-23(31)19-10-22(30)29-9-5-4-6-21(29)27-19/h4-10,14-16,24H,3,11-13H2,1-2H3,(H,25,31)/t16-/m0/s1. The maximum absolute atomic E-state index is 12.5.